The number of nitriles is 1. The van der Waals surface area contributed by atoms with Crippen molar-refractivity contribution >= 4 is 38.1 Å². The molecule has 0 saturated carbocycles. The molecule has 0 aliphatic rings. The molecule has 0 N–H and O–H groups in total. The maximum absolute atomic E-state index is 13.1. The molecule has 7 nitrogen and oxygen atoms in total. The fraction of sp³-hybridized carbons (Fsp3) is 0.105. The van der Waals surface area contributed by atoms with Crippen molar-refractivity contribution in [2.24, 2.45) is 0 Å². The molecule has 142 valence electrons. The molecule has 0 aliphatic carbocycles. The molecule has 2 aromatic carbocycles. The van der Waals surface area contributed by atoms with Crippen molar-refractivity contribution in [3.05, 3.63) is 72.2 Å². The van der Waals surface area contributed by atoms with E-state index in [0.29, 0.717) is 5.69 Å². The number of carbonyl (C=O) groups excluding carboxylic acids is 1. The Morgan fingerprint density at radius 3 is 2.29 bits per heavy atom. The summed E-state index contributed by atoms with van der Waals surface area (Å²) in [6.45, 7) is -0.665. The van der Waals surface area contributed by atoms with Gasteiger partial charge in [0.05, 0.1) is 11.0 Å². The third-order valence-corrected chi connectivity index (χ3v) is 6.50. The van der Waals surface area contributed by atoms with Crippen LogP contribution < -0.4 is 9.21 Å². The summed E-state index contributed by atoms with van der Waals surface area (Å²) in [6.07, 6.45) is 1.47. The van der Waals surface area contributed by atoms with Gasteiger partial charge in [-0.05, 0) is 24.3 Å². The van der Waals surface area contributed by atoms with Crippen LogP contribution in [0.3, 0.4) is 0 Å². The lowest BCUT2D eigenvalue weighted by Gasteiger charge is -2.25. The van der Waals surface area contributed by atoms with Gasteiger partial charge in [0, 0.05) is 17.3 Å². The summed E-state index contributed by atoms with van der Waals surface area (Å²) in [5.41, 5.74) is 0.519. The van der Waals surface area contributed by atoms with Crippen LogP contribution in [0, 0.1) is 11.3 Å². The highest BCUT2D eigenvalue weighted by molar-refractivity contribution is 7.93. The first kappa shape index (κ1) is 19.5. The summed E-state index contributed by atoms with van der Waals surface area (Å²) >= 11 is 1.12. The highest BCUT2D eigenvalue weighted by atomic mass is 32.2. The fourth-order valence-electron chi connectivity index (χ4n) is 2.52. The molecule has 1 amide bonds. The molecule has 0 aliphatic heterocycles. The SMILES string of the molecule is N#CCN(C(=O)CN(c1nccs1)S(=O)(=O)c1ccccc1)c1ccccc1. The van der Waals surface area contributed by atoms with Gasteiger partial charge < -0.3 is 0 Å². The topological polar surface area (TPSA) is 94.4 Å². The number of hydrogen-bond acceptors (Lipinski definition) is 6. The van der Waals surface area contributed by atoms with Gasteiger partial charge in [-0.1, -0.05) is 36.4 Å². The van der Waals surface area contributed by atoms with Crippen LogP contribution in [-0.4, -0.2) is 32.4 Å². The second-order valence-corrected chi connectivity index (χ2v) is 8.35. The third kappa shape index (κ3) is 4.19. The smallest absolute Gasteiger partial charge is 0.266 e. The molecule has 9 heteroatoms. The van der Waals surface area contributed by atoms with Gasteiger partial charge in [-0.2, -0.15) is 5.26 Å². The Bertz CT molecular complexity index is 1060. The molecule has 0 spiro atoms. The predicted molar refractivity (Wildman–Crippen MR) is 107 cm³/mol. The summed E-state index contributed by atoms with van der Waals surface area (Å²) < 4.78 is 27.3. The Morgan fingerprint density at radius 2 is 1.71 bits per heavy atom. The van der Waals surface area contributed by atoms with Gasteiger partial charge in [-0.15, -0.1) is 11.3 Å². The van der Waals surface area contributed by atoms with E-state index in [1.807, 2.05) is 6.07 Å². The Morgan fingerprint density at radius 1 is 1.07 bits per heavy atom. The monoisotopic (exact) mass is 412 g/mol. The zero-order valence-electron chi connectivity index (χ0n) is 14.7. The molecular weight excluding hydrogens is 396 g/mol. The fourth-order valence-corrected chi connectivity index (χ4v) is 4.78. The first-order valence-electron chi connectivity index (χ1n) is 8.23. The average molecular weight is 412 g/mol. The number of carbonyl (C=O) groups is 1. The summed E-state index contributed by atoms with van der Waals surface area (Å²) in [5, 5.41) is 10.9. The molecule has 0 unspecified atom stereocenters. The third-order valence-electron chi connectivity index (χ3n) is 3.84. The quantitative estimate of drug-likeness (QED) is 0.556. The lowest BCUT2D eigenvalue weighted by molar-refractivity contribution is -0.117. The lowest BCUT2D eigenvalue weighted by Crippen LogP contribution is -2.43. The van der Waals surface area contributed by atoms with Crippen molar-refractivity contribution in [1.29, 1.82) is 5.26 Å². The van der Waals surface area contributed by atoms with E-state index in [0.717, 1.165) is 15.6 Å². The molecule has 3 aromatic rings. The van der Waals surface area contributed by atoms with Crippen molar-refractivity contribution in [1.82, 2.24) is 4.98 Å². The lowest BCUT2D eigenvalue weighted by atomic mass is 10.3. The van der Waals surface area contributed by atoms with Gasteiger partial charge in [0.15, 0.2) is 5.13 Å². The molecule has 0 bridgehead atoms. The maximum atomic E-state index is 13.1. The first-order valence-corrected chi connectivity index (χ1v) is 10.6. The summed E-state index contributed by atoms with van der Waals surface area (Å²) in [4.78, 5) is 18.3. The number of para-hydroxylation sites is 1. The average Bonchev–Trinajstić information content (AvgIpc) is 3.25. The summed E-state index contributed by atoms with van der Waals surface area (Å²) in [6, 6.07) is 18.5. The van der Waals surface area contributed by atoms with Crippen molar-refractivity contribution in [2.45, 2.75) is 4.90 Å². The van der Waals surface area contributed by atoms with Gasteiger partial charge in [0.2, 0.25) is 5.91 Å². The highest BCUT2D eigenvalue weighted by Gasteiger charge is 2.30. The van der Waals surface area contributed by atoms with Crippen molar-refractivity contribution in [2.75, 3.05) is 22.3 Å². The van der Waals surface area contributed by atoms with E-state index in [1.165, 1.54) is 23.2 Å². The minimum absolute atomic E-state index is 0.0598. The van der Waals surface area contributed by atoms with Crippen LogP contribution in [0.15, 0.2) is 77.1 Å². The number of anilines is 2. The van der Waals surface area contributed by atoms with Crippen LogP contribution in [0.5, 0.6) is 0 Å². The normalized spacial score (nSPS) is 10.8. The van der Waals surface area contributed by atoms with E-state index in [4.69, 9.17) is 5.26 Å². The van der Waals surface area contributed by atoms with Crippen LogP contribution in [0.25, 0.3) is 0 Å². The minimum atomic E-state index is -4.00. The molecule has 0 atom stereocenters. The Balaban J connectivity index is 1.96. The van der Waals surface area contributed by atoms with Crippen LogP contribution in [-0.2, 0) is 14.8 Å². The summed E-state index contributed by atoms with van der Waals surface area (Å²) in [7, 11) is -4.00. The van der Waals surface area contributed by atoms with Crippen LogP contribution in [0.2, 0.25) is 0 Å². The number of sulfonamides is 1. The molecule has 0 radical (unpaired) electrons. The van der Waals surface area contributed by atoms with E-state index in [9.17, 15) is 13.2 Å². The van der Waals surface area contributed by atoms with Gasteiger partial charge in [-0.25, -0.2) is 17.7 Å². The van der Waals surface area contributed by atoms with E-state index in [1.54, 1.807) is 53.9 Å². The van der Waals surface area contributed by atoms with Gasteiger partial charge >= 0.3 is 0 Å². The number of hydrogen-bond donors (Lipinski definition) is 0. The van der Waals surface area contributed by atoms with E-state index >= 15 is 0 Å². The number of rotatable bonds is 7. The van der Waals surface area contributed by atoms with Gasteiger partial charge in [-0.3, -0.25) is 9.69 Å². The second-order valence-electron chi connectivity index (χ2n) is 5.61. The van der Waals surface area contributed by atoms with E-state index in [2.05, 4.69) is 4.98 Å². The van der Waals surface area contributed by atoms with Crippen LogP contribution >= 0.6 is 11.3 Å². The Hall–Kier alpha value is -3.22. The molecular formula is C19H16N4O3S2. The number of benzene rings is 2. The Kier molecular flexibility index (Phi) is 6.03. The van der Waals surface area contributed by atoms with E-state index < -0.39 is 22.5 Å². The molecule has 0 saturated heterocycles. The highest BCUT2D eigenvalue weighted by Crippen LogP contribution is 2.26. The number of nitrogens with zero attached hydrogens (tertiary/aromatic N) is 4. The van der Waals surface area contributed by atoms with Crippen molar-refractivity contribution in [3.63, 3.8) is 0 Å². The second kappa shape index (κ2) is 8.65. The zero-order valence-corrected chi connectivity index (χ0v) is 16.3. The van der Waals surface area contributed by atoms with Gasteiger partial charge in [0.1, 0.15) is 13.1 Å². The van der Waals surface area contributed by atoms with Crippen molar-refractivity contribution in [3.8, 4) is 6.07 Å². The minimum Gasteiger partial charge on any atom is -0.297 e. The number of thiazole rings is 1. The first-order chi connectivity index (χ1) is 13.5. The molecule has 0 fully saturated rings. The zero-order chi connectivity index (χ0) is 20.0. The maximum Gasteiger partial charge on any atom is 0.266 e. The Labute approximate surface area is 167 Å². The van der Waals surface area contributed by atoms with E-state index in [-0.39, 0.29) is 16.6 Å². The largest absolute Gasteiger partial charge is 0.297 e. The van der Waals surface area contributed by atoms with Crippen LogP contribution in [0.4, 0.5) is 10.8 Å². The molecule has 1 heterocycles. The standard InChI is InChI=1S/C19H16N4O3S2/c20-11-13-22(16-7-3-1-4-8-16)18(24)15-23(19-21-12-14-27-19)28(25,26)17-9-5-2-6-10-17/h1-10,12,14H,13,15H2. The van der Waals surface area contributed by atoms with Gasteiger partial charge in [0.25, 0.3) is 10.0 Å². The number of amides is 1. The van der Waals surface area contributed by atoms with Crippen molar-refractivity contribution < 1.29 is 13.2 Å². The van der Waals surface area contributed by atoms with Crippen LogP contribution in [0.1, 0.15) is 0 Å². The predicted octanol–water partition coefficient (Wildman–Crippen LogP) is 2.90. The molecule has 28 heavy (non-hydrogen) atoms. The number of aromatic nitrogens is 1. The summed E-state index contributed by atoms with van der Waals surface area (Å²) in [5.74, 6) is -0.526. The molecule has 3 rings (SSSR count). The molecule has 1 aromatic heterocycles.